The van der Waals surface area contributed by atoms with E-state index in [1.165, 1.54) is 7.11 Å². The number of aliphatic hydroxyl groups is 3. The summed E-state index contributed by atoms with van der Waals surface area (Å²) in [7, 11) is 1.38. The van der Waals surface area contributed by atoms with Gasteiger partial charge in [0, 0.05) is 12.7 Å². The predicted molar refractivity (Wildman–Crippen MR) is 72.5 cm³/mol. The highest BCUT2D eigenvalue weighted by molar-refractivity contribution is 5.94. The summed E-state index contributed by atoms with van der Waals surface area (Å²) >= 11 is 0. The second kappa shape index (κ2) is 6.97. The third-order valence-corrected chi connectivity index (χ3v) is 3.45. The molecule has 21 heavy (non-hydrogen) atoms. The number of methoxy groups -OCH3 is 1. The van der Waals surface area contributed by atoms with Gasteiger partial charge in [0.05, 0.1) is 6.61 Å². The molecule has 0 unspecified atom stereocenters. The molecule has 2 rings (SSSR count). The van der Waals surface area contributed by atoms with E-state index < -0.39 is 37.3 Å². The van der Waals surface area contributed by atoms with Crippen LogP contribution < -0.4 is 5.32 Å². The van der Waals surface area contributed by atoms with Gasteiger partial charge in [-0.15, -0.1) is 0 Å². The summed E-state index contributed by atoms with van der Waals surface area (Å²) in [6.07, 6.45) is -4.22. The Kier molecular flexibility index (Phi) is 5.27. The van der Waals surface area contributed by atoms with Crippen molar-refractivity contribution >= 4 is 5.91 Å². The normalized spacial score (nSPS) is 30.1. The fourth-order valence-electron chi connectivity index (χ4n) is 2.36. The molecule has 0 radical (unpaired) electrons. The summed E-state index contributed by atoms with van der Waals surface area (Å²) in [5.74, 6) is -0.385. The molecule has 1 fully saturated rings. The zero-order valence-corrected chi connectivity index (χ0v) is 11.5. The maximum atomic E-state index is 12.1. The van der Waals surface area contributed by atoms with Gasteiger partial charge >= 0.3 is 0 Å². The van der Waals surface area contributed by atoms with Crippen molar-refractivity contribution in [2.45, 2.75) is 30.6 Å². The monoisotopic (exact) mass is 297 g/mol. The summed E-state index contributed by atoms with van der Waals surface area (Å²) in [5, 5.41) is 31.2. The first-order chi connectivity index (χ1) is 10.1. The lowest BCUT2D eigenvalue weighted by Crippen LogP contribution is -2.50. The van der Waals surface area contributed by atoms with Gasteiger partial charge in [-0.25, -0.2) is 0 Å². The topological polar surface area (TPSA) is 108 Å². The van der Waals surface area contributed by atoms with Crippen molar-refractivity contribution in [1.29, 1.82) is 0 Å². The molecule has 1 heterocycles. The minimum Gasteiger partial charge on any atom is -0.394 e. The third-order valence-electron chi connectivity index (χ3n) is 3.45. The number of ether oxygens (including phenoxy) is 2. The van der Waals surface area contributed by atoms with Gasteiger partial charge < -0.3 is 30.1 Å². The van der Waals surface area contributed by atoms with Crippen molar-refractivity contribution in [2.75, 3.05) is 13.7 Å². The fraction of sp³-hybridized carbons (Fsp3) is 0.500. The average Bonchev–Trinajstić information content (AvgIpc) is 2.83. The second-order valence-corrected chi connectivity index (χ2v) is 4.81. The van der Waals surface area contributed by atoms with Gasteiger partial charge in [-0.1, -0.05) is 18.2 Å². The Balaban J connectivity index is 2.09. The van der Waals surface area contributed by atoms with Gasteiger partial charge in [-0.2, -0.15) is 0 Å². The largest absolute Gasteiger partial charge is 0.394 e. The highest BCUT2D eigenvalue weighted by atomic mass is 16.6. The average molecular weight is 297 g/mol. The summed E-state index contributed by atoms with van der Waals surface area (Å²) in [4.78, 5) is 12.1. The van der Waals surface area contributed by atoms with Crippen LogP contribution in [-0.4, -0.2) is 65.6 Å². The molecule has 4 N–H and O–H groups in total. The quantitative estimate of drug-likeness (QED) is 0.548. The molecule has 1 amide bonds. The third kappa shape index (κ3) is 3.39. The number of carbonyl (C=O) groups excluding carboxylic acids is 1. The first-order valence-electron chi connectivity index (χ1n) is 6.59. The molecule has 0 saturated carbocycles. The summed E-state index contributed by atoms with van der Waals surface area (Å²) in [6, 6.07) is 7.67. The Hall–Kier alpha value is -1.51. The smallest absolute Gasteiger partial charge is 0.251 e. The number of benzene rings is 1. The van der Waals surface area contributed by atoms with E-state index in [0.29, 0.717) is 5.56 Å². The zero-order chi connectivity index (χ0) is 15.4. The molecule has 1 saturated heterocycles. The molecule has 5 atom stereocenters. The van der Waals surface area contributed by atoms with Crippen LogP contribution in [0.4, 0.5) is 0 Å². The van der Waals surface area contributed by atoms with E-state index in [1.54, 1.807) is 30.3 Å². The summed E-state index contributed by atoms with van der Waals surface area (Å²) < 4.78 is 10.4. The predicted octanol–water partition coefficient (Wildman–Crippen LogP) is -1.13. The Morgan fingerprint density at radius 1 is 1.43 bits per heavy atom. The molecule has 1 aliphatic heterocycles. The molecule has 7 heteroatoms. The van der Waals surface area contributed by atoms with Crippen LogP contribution in [0.15, 0.2) is 30.3 Å². The molecular weight excluding hydrogens is 278 g/mol. The van der Waals surface area contributed by atoms with Crippen LogP contribution in [0.3, 0.4) is 0 Å². The van der Waals surface area contributed by atoms with Crippen molar-refractivity contribution in [3.8, 4) is 0 Å². The molecule has 1 aromatic carbocycles. The van der Waals surface area contributed by atoms with Gasteiger partial charge in [-0.05, 0) is 12.1 Å². The van der Waals surface area contributed by atoms with E-state index in [0.717, 1.165) is 0 Å². The number of nitrogens with one attached hydrogen (secondary N) is 1. The molecule has 7 nitrogen and oxygen atoms in total. The SMILES string of the molecule is CO[C@H]1[C@@H](NC(=O)c2ccccc2)[C@H](O)O[C@@H]1[C@H](O)CO. The molecule has 0 aromatic heterocycles. The number of amides is 1. The lowest BCUT2D eigenvalue weighted by molar-refractivity contribution is -0.141. The molecule has 1 aromatic rings. The van der Waals surface area contributed by atoms with Crippen LogP contribution in [0.2, 0.25) is 0 Å². The Morgan fingerprint density at radius 3 is 2.67 bits per heavy atom. The maximum absolute atomic E-state index is 12.1. The molecule has 0 aliphatic carbocycles. The number of rotatable bonds is 5. The van der Waals surface area contributed by atoms with Gasteiger partial charge in [0.2, 0.25) is 0 Å². The van der Waals surface area contributed by atoms with Crippen LogP contribution in [-0.2, 0) is 9.47 Å². The lowest BCUT2D eigenvalue weighted by Gasteiger charge is -2.24. The minimum atomic E-state index is -1.33. The van der Waals surface area contributed by atoms with Crippen molar-refractivity contribution in [1.82, 2.24) is 5.32 Å². The van der Waals surface area contributed by atoms with Gasteiger partial charge in [0.15, 0.2) is 6.29 Å². The standard InChI is InChI=1S/C14H19NO6/c1-20-12-10(14(19)21-11(12)9(17)7-16)15-13(18)8-5-3-2-4-6-8/h2-6,9-12,14,16-17,19H,7H2,1H3,(H,15,18)/t9-,10-,11-,12+,14-/m1/s1. The van der Waals surface area contributed by atoms with Crippen LogP contribution >= 0.6 is 0 Å². The van der Waals surface area contributed by atoms with Gasteiger partial charge in [0.1, 0.15) is 24.4 Å². The van der Waals surface area contributed by atoms with Crippen molar-refractivity contribution < 1.29 is 29.6 Å². The van der Waals surface area contributed by atoms with E-state index in [2.05, 4.69) is 5.32 Å². The van der Waals surface area contributed by atoms with E-state index >= 15 is 0 Å². The van der Waals surface area contributed by atoms with E-state index in [-0.39, 0.29) is 5.91 Å². The second-order valence-electron chi connectivity index (χ2n) is 4.81. The zero-order valence-electron chi connectivity index (χ0n) is 11.5. The van der Waals surface area contributed by atoms with Crippen LogP contribution in [0.5, 0.6) is 0 Å². The fourth-order valence-corrected chi connectivity index (χ4v) is 2.36. The van der Waals surface area contributed by atoms with E-state index in [1.807, 2.05) is 0 Å². The highest BCUT2D eigenvalue weighted by Crippen LogP contribution is 2.25. The van der Waals surface area contributed by atoms with Crippen LogP contribution in [0.1, 0.15) is 10.4 Å². The molecule has 0 bridgehead atoms. The molecule has 116 valence electrons. The first-order valence-corrected chi connectivity index (χ1v) is 6.59. The Morgan fingerprint density at radius 2 is 2.10 bits per heavy atom. The van der Waals surface area contributed by atoms with Crippen molar-refractivity contribution in [3.05, 3.63) is 35.9 Å². The van der Waals surface area contributed by atoms with Crippen LogP contribution in [0.25, 0.3) is 0 Å². The first kappa shape index (κ1) is 15.9. The molecular formula is C14H19NO6. The van der Waals surface area contributed by atoms with E-state index in [9.17, 15) is 15.0 Å². The number of carbonyl (C=O) groups is 1. The van der Waals surface area contributed by atoms with Gasteiger partial charge in [0.25, 0.3) is 5.91 Å². The van der Waals surface area contributed by atoms with Gasteiger partial charge in [-0.3, -0.25) is 4.79 Å². The number of aliphatic hydroxyl groups excluding tert-OH is 3. The minimum absolute atomic E-state index is 0.385. The van der Waals surface area contributed by atoms with E-state index in [4.69, 9.17) is 14.6 Å². The number of hydrogen-bond acceptors (Lipinski definition) is 6. The molecule has 0 spiro atoms. The number of hydrogen-bond donors (Lipinski definition) is 4. The molecule has 1 aliphatic rings. The highest BCUT2D eigenvalue weighted by Gasteiger charge is 2.47. The Labute approximate surface area is 122 Å². The van der Waals surface area contributed by atoms with Crippen molar-refractivity contribution in [3.63, 3.8) is 0 Å². The maximum Gasteiger partial charge on any atom is 0.251 e. The van der Waals surface area contributed by atoms with Crippen LogP contribution in [0, 0.1) is 0 Å². The lowest BCUT2D eigenvalue weighted by atomic mass is 10.0. The van der Waals surface area contributed by atoms with Crippen molar-refractivity contribution in [2.24, 2.45) is 0 Å². The summed E-state index contributed by atoms with van der Waals surface area (Å²) in [5.41, 5.74) is 0.436. The summed E-state index contributed by atoms with van der Waals surface area (Å²) in [6.45, 7) is -0.531. The Bertz CT molecular complexity index is 468.